The molecule has 0 aliphatic carbocycles. The van der Waals surface area contributed by atoms with Crippen molar-refractivity contribution in [2.75, 3.05) is 13.1 Å². The second kappa shape index (κ2) is 5.41. The van der Waals surface area contributed by atoms with Gasteiger partial charge in [0.15, 0.2) is 0 Å². The predicted octanol–water partition coefficient (Wildman–Crippen LogP) is 3.01. The maximum absolute atomic E-state index is 12.5. The smallest absolute Gasteiger partial charge is 0.254 e. The molecule has 2 atom stereocenters. The maximum Gasteiger partial charge on any atom is 0.254 e. The standard InChI is InChI=1S/C14H18BrNO2/c1-9-7-16(8-10(2)18-9)14(17)12-5-4-6-13(15)11(12)3/h4-6,9-10H,7-8H2,1-3H3. The summed E-state index contributed by atoms with van der Waals surface area (Å²) >= 11 is 3.47. The third kappa shape index (κ3) is 2.75. The Bertz CT molecular complexity index is 451. The first-order valence-corrected chi connectivity index (χ1v) is 6.98. The molecule has 0 spiro atoms. The van der Waals surface area contributed by atoms with Crippen LogP contribution in [0.4, 0.5) is 0 Å². The summed E-state index contributed by atoms with van der Waals surface area (Å²) in [5.74, 6) is 0.0933. The Kier molecular flexibility index (Phi) is 4.07. The fraction of sp³-hybridized carbons (Fsp3) is 0.500. The minimum Gasteiger partial charge on any atom is -0.372 e. The van der Waals surface area contributed by atoms with Crippen LogP contribution in [0.15, 0.2) is 22.7 Å². The minimum absolute atomic E-state index is 0.0933. The number of benzene rings is 1. The zero-order chi connectivity index (χ0) is 13.3. The largest absolute Gasteiger partial charge is 0.372 e. The average molecular weight is 312 g/mol. The molecule has 1 aliphatic rings. The molecule has 0 bridgehead atoms. The van der Waals surface area contributed by atoms with E-state index >= 15 is 0 Å². The van der Waals surface area contributed by atoms with Crippen molar-refractivity contribution in [3.8, 4) is 0 Å². The molecular weight excluding hydrogens is 294 g/mol. The molecule has 2 rings (SSSR count). The van der Waals surface area contributed by atoms with Gasteiger partial charge in [0.05, 0.1) is 12.2 Å². The maximum atomic E-state index is 12.5. The van der Waals surface area contributed by atoms with E-state index in [9.17, 15) is 4.79 Å². The van der Waals surface area contributed by atoms with Crippen LogP contribution in [0.25, 0.3) is 0 Å². The van der Waals surface area contributed by atoms with Crippen LogP contribution >= 0.6 is 15.9 Å². The van der Waals surface area contributed by atoms with Gasteiger partial charge in [-0.2, -0.15) is 0 Å². The molecule has 1 fully saturated rings. The predicted molar refractivity (Wildman–Crippen MR) is 74.8 cm³/mol. The van der Waals surface area contributed by atoms with Gasteiger partial charge in [-0.1, -0.05) is 22.0 Å². The highest BCUT2D eigenvalue weighted by atomic mass is 79.9. The van der Waals surface area contributed by atoms with Crippen LogP contribution in [0.2, 0.25) is 0 Å². The van der Waals surface area contributed by atoms with E-state index in [2.05, 4.69) is 15.9 Å². The molecule has 0 N–H and O–H groups in total. The van der Waals surface area contributed by atoms with Crippen molar-refractivity contribution in [2.45, 2.75) is 33.0 Å². The van der Waals surface area contributed by atoms with Crippen molar-refractivity contribution in [3.05, 3.63) is 33.8 Å². The van der Waals surface area contributed by atoms with E-state index < -0.39 is 0 Å². The van der Waals surface area contributed by atoms with Crippen LogP contribution in [0.5, 0.6) is 0 Å². The third-order valence-corrected chi connectivity index (χ3v) is 4.06. The van der Waals surface area contributed by atoms with Gasteiger partial charge in [0, 0.05) is 23.1 Å². The lowest BCUT2D eigenvalue weighted by Crippen LogP contribution is -2.48. The van der Waals surface area contributed by atoms with Gasteiger partial charge in [0.1, 0.15) is 0 Å². The van der Waals surface area contributed by atoms with Crippen LogP contribution in [0.3, 0.4) is 0 Å². The Balaban J connectivity index is 2.23. The van der Waals surface area contributed by atoms with E-state index in [1.165, 1.54) is 0 Å². The van der Waals surface area contributed by atoms with Crippen LogP contribution in [-0.2, 0) is 4.74 Å². The second-order valence-electron chi connectivity index (χ2n) is 4.88. The summed E-state index contributed by atoms with van der Waals surface area (Å²) in [4.78, 5) is 14.4. The number of hydrogen-bond acceptors (Lipinski definition) is 2. The number of carbonyl (C=O) groups is 1. The van der Waals surface area contributed by atoms with Gasteiger partial charge in [-0.05, 0) is 38.5 Å². The zero-order valence-corrected chi connectivity index (χ0v) is 12.5. The number of amides is 1. The Labute approximate surface area is 116 Å². The lowest BCUT2D eigenvalue weighted by Gasteiger charge is -2.35. The van der Waals surface area contributed by atoms with Crippen molar-refractivity contribution >= 4 is 21.8 Å². The number of carbonyl (C=O) groups excluding carboxylic acids is 1. The summed E-state index contributed by atoms with van der Waals surface area (Å²) in [6, 6.07) is 5.74. The van der Waals surface area contributed by atoms with E-state index in [0.29, 0.717) is 13.1 Å². The first-order chi connectivity index (χ1) is 8.49. The second-order valence-corrected chi connectivity index (χ2v) is 5.73. The highest BCUT2D eigenvalue weighted by molar-refractivity contribution is 9.10. The molecule has 1 aliphatic heterocycles. The Hall–Kier alpha value is -0.870. The summed E-state index contributed by atoms with van der Waals surface area (Å²) < 4.78 is 6.63. The van der Waals surface area contributed by atoms with Gasteiger partial charge in [-0.3, -0.25) is 4.79 Å². The molecule has 0 aromatic heterocycles. The van der Waals surface area contributed by atoms with Crippen molar-refractivity contribution in [1.29, 1.82) is 0 Å². The summed E-state index contributed by atoms with van der Waals surface area (Å²) in [5, 5.41) is 0. The van der Waals surface area contributed by atoms with Gasteiger partial charge in [0.25, 0.3) is 5.91 Å². The Morgan fingerprint density at radius 2 is 1.94 bits per heavy atom. The number of ether oxygens (including phenoxy) is 1. The molecule has 2 unspecified atom stereocenters. The molecule has 1 amide bonds. The van der Waals surface area contributed by atoms with Crippen molar-refractivity contribution in [3.63, 3.8) is 0 Å². The monoisotopic (exact) mass is 311 g/mol. The SMILES string of the molecule is Cc1c(Br)cccc1C(=O)N1CC(C)OC(C)C1. The number of halogens is 1. The van der Waals surface area contributed by atoms with Gasteiger partial charge in [-0.25, -0.2) is 0 Å². The minimum atomic E-state index is 0.0933. The first-order valence-electron chi connectivity index (χ1n) is 6.19. The zero-order valence-electron chi connectivity index (χ0n) is 10.9. The fourth-order valence-corrected chi connectivity index (χ4v) is 2.72. The molecule has 3 nitrogen and oxygen atoms in total. The van der Waals surface area contributed by atoms with Crippen molar-refractivity contribution < 1.29 is 9.53 Å². The Morgan fingerprint density at radius 1 is 1.33 bits per heavy atom. The highest BCUT2D eigenvalue weighted by Crippen LogP contribution is 2.22. The molecule has 18 heavy (non-hydrogen) atoms. The Morgan fingerprint density at radius 3 is 2.56 bits per heavy atom. The van der Waals surface area contributed by atoms with Crippen LogP contribution in [0, 0.1) is 6.92 Å². The topological polar surface area (TPSA) is 29.5 Å². The average Bonchev–Trinajstić information content (AvgIpc) is 2.30. The summed E-state index contributed by atoms with van der Waals surface area (Å²) in [5.41, 5.74) is 1.76. The summed E-state index contributed by atoms with van der Waals surface area (Å²) in [6.45, 7) is 7.29. The van der Waals surface area contributed by atoms with E-state index in [0.717, 1.165) is 15.6 Å². The van der Waals surface area contributed by atoms with Gasteiger partial charge in [0.2, 0.25) is 0 Å². The third-order valence-electron chi connectivity index (χ3n) is 3.20. The van der Waals surface area contributed by atoms with Crippen LogP contribution in [0.1, 0.15) is 29.8 Å². The number of nitrogens with zero attached hydrogens (tertiary/aromatic N) is 1. The molecule has 0 saturated carbocycles. The molecule has 1 aromatic rings. The fourth-order valence-electron chi connectivity index (χ4n) is 2.35. The molecular formula is C14H18BrNO2. The molecule has 1 aromatic carbocycles. The van der Waals surface area contributed by atoms with E-state index in [-0.39, 0.29) is 18.1 Å². The lowest BCUT2D eigenvalue weighted by molar-refractivity contribution is -0.0586. The van der Waals surface area contributed by atoms with Crippen molar-refractivity contribution in [1.82, 2.24) is 4.90 Å². The lowest BCUT2D eigenvalue weighted by atomic mass is 10.1. The number of rotatable bonds is 1. The molecule has 4 heteroatoms. The van der Waals surface area contributed by atoms with Gasteiger partial charge >= 0.3 is 0 Å². The van der Waals surface area contributed by atoms with Crippen LogP contribution in [-0.4, -0.2) is 36.1 Å². The highest BCUT2D eigenvalue weighted by Gasteiger charge is 2.27. The van der Waals surface area contributed by atoms with E-state index in [1.807, 2.05) is 43.9 Å². The quantitative estimate of drug-likeness (QED) is 0.798. The summed E-state index contributed by atoms with van der Waals surface area (Å²) in [7, 11) is 0. The van der Waals surface area contributed by atoms with E-state index in [4.69, 9.17) is 4.74 Å². The summed E-state index contributed by atoms with van der Waals surface area (Å²) in [6.07, 6.45) is 0.204. The van der Waals surface area contributed by atoms with Crippen molar-refractivity contribution in [2.24, 2.45) is 0 Å². The van der Waals surface area contributed by atoms with Gasteiger partial charge in [-0.15, -0.1) is 0 Å². The van der Waals surface area contributed by atoms with Gasteiger partial charge < -0.3 is 9.64 Å². The first kappa shape index (κ1) is 13.6. The van der Waals surface area contributed by atoms with E-state index in [1.54, 1.807) is 0 Å². The number of morpholine rings is 1. The normalized spacial score (nSPS) is 24.1. The number of hydrogen-bond donors (Lipinski definition) is 0. The molecule has 0 radical (unpaired) electrons. The molecule has 1 saturated heterocycles. The molecule has 98 valence electrons. The van der Waals surface area contributed by atoms with Crippen LogP contribution < -0.4 is 0 Å². The molecule has 1 heterocycles.